The molecule has 1 aromatic carbocycles. The second kappa shape index (κ2) is 5.21. The highest BCUT2D eigenvalue weighted by atomic mass is 19.3. The topological polar surface area (TPSA) is 26.0 Å². The summed E-state index contributed by atoms with van der Waals surface area (Å²) in [5.41, 5.74) is 7.07. The number of hydrogen-bond acceptors (Lipinski definition) is 1. The van der Waals surface area contributed by atoms with Crippen LogP contribution in [0.1, 0.15) is 36.8 Å². The molecule has 0 aliphatic carbocycles. The first kappa shape index (κ1) is 12.1. The summed E-state index contributed by atoms with van der Waals surface area (Å²) in [7, 11) is 0. The third-order valence-electron chi connectivity index (χ3n) is 2.56. The number of nitrogens with two attached hydrogens (primary N) is 1. The second-order valence-electron chi connectivity index (χ2n) is 4.00. The zero-order chi connectivity index (χ0) is 11.4. The number of hydrogen-bond donors (Lipinski definition) is 1. The van der Waals surface area contributed by atoms with Gasteiger partial charge in [0.2, 0.25) is 6.43 Å². The summed E-state index contributed by atoms with van der Waals surface area (Å²) in [5, 5.41) is 0. The van der Waals surface area contributed by atoms with Gasteiger partial charge < -0.3 is 5.73 Å². The lowest BCUT2D eigenvalue weighted by Crippen LogP contribution is -2.19. The molecule has 1 unspecified atom stereocenters. The van der Waals surface area contributed by atoms with Gasteiger partial charge in [-0.1, -0.05) is 38.1 Å². The molecule has 0 saturated heterocycles. The number of benzene rings is 1. The van der Waals surface area contributed by atoms with Gasteiger partial charge in [-0.2, -0.15) is 0 Å². The van der Waals surface area contributed by atoms with Crippen molar-refractivity contribution in [3.63, 3.8) is 0 Å². The average Bonchev–Trinajstić information content (AvgIpc) is 2.18. The lowest BCUT2D eigenvalue weighted by molar-refractivity contribution is 0.117. The standard InChI is InChI=1S/C12H17F2N/c1-8(2)9-4-3-5-10(6-9)11(7-15)12(13)14/h3-6,8,11-12H,7,15H2,1-2H3. The molecule has 1 aromatic rings. The van der Waals surface area contributed by atoms with E-state index in [-0.39, 0.29) is 6.54 Å². The lowest BCUT2D eigenvalue weighted by Gasteiger charge is -2.16. The molecule has 15 heavy (non-hydrogen) atoms. The van der Waals surface area contributed by atoms with Crippen LogP contribution in [0.15, 0.2) is 24.3 Å². The molecule has 0 aliphatic heterocycles. The van der Waals surface area contributed by atoms with Gasteiger partial charge in [0.25, 0.3) is 0 Å². The number of alkyl halides is 2. The number of halogens is 2. The maximum atomic E-state index is 12.6. The minimum atomic E-state index is -2.39. The summed E-state index contributed by atoms with van der Waals surface area (Å²) in [6.07, 6.45) is -2.39. The van der Waals surface area contributed by atoms with E-state index in [4.69, 9.17) is 5.73 Å². The van der Waals surface area contributed by atoms with E-state index in [0.717, 1.165) is 5.56 Å². The fourth-order valence-corrected chi connectivity index (χ4v) is 1.53. The highest BCUT2D eigenvalue weighted by Gasteiger charge is 2.20. The summed E-state index contributed by atoms with van der Waals surface area (Å²) >= 11 is 0. The fourth-order valence-electron chi connectivity index (χ4n) is 1.53. The molecule has 0 radical (unpaired) electrons. The summed E-state index contributed by atoms with van der Waals surface area (Å²) in [6, 6.07) is 7.31. The first-order valence-electron chi connectivity index (χ1n) is 5.14. The summed E-state index contributed by atoms with van der Waals surface area (Å²) in [5.74, 6) is -0.496. The first-order chi connectivity index (χ1) is 7.06. The molecule has 0 aliphatic rings. The van der Waals surface area contributed by atoms with E-state index in [1.54, 1.807) is 6.07 Å². The van der Waals surface area contributed by atoms with Crippen LogP contribution >= 0.6 is 0 Å². The van der Waals surface area contributed by atoms with Gasteiger partial charge in [0, 0.05) is 6.54 Å². The second-order valence-corrected chi connectivity index (χ2v) is 4.00. The Morgan fingerprint density at radius 2 is 1.80 bits per heavy atom. The van der Waals surface area contributed by atoms with Gasteiger partial charge in [0.05, 0.1) is 5.92 Å². The fraction of sp³-hybridized carbons (Fsp3) is 0.500. The highest BCUT2D eigenvalue weighted by molar-refractivity contribution is 5.29. The molecule has 1 nitrogen and oxygen atoms in total. The molecule has 0 bridgehead atoms. The average molecular weight is 213 g/mol. The maximum Gasteiger partial charge on any atom is 0.246 e. The minimum Gasteiger partial charge on any atom is -0.330 e. The molecule has 1 atom stereocenters. The first-order valence-corrected chi connectivity index (χ1v) is 5.14. The molecule has 0 heterocycles. The van der Waals surface area contributed by atoms with Gasteiger partial charge in [-0.05, 0) is 17.0 Å². The van der Waals surface area contributed by atoms with Gasteiger partial charge in [-0.25, -0.2) is 8.78 Å². The van der Waals surface area contributed by atoms with Crippen LogP contribution in [-0.2, 0) is 0 Å². The zero-order valence-corrected chi connectivity index (χ0v) is 9.08. The van der Waals surface area contributed by atoms with Crippen LogP contribution in [-0.4, -0.2) is 13.0 Å². The van der Waals surface area contributed by atoms with Crippen molar-refractivity contribution >= 4 is 0 Å². The molecule has 1 rings (SSSR count). The van der Waals surface area contributed by atoms with Crippen LogP contribution in [0.2, 0.25) is 0 Å². The Labute approximate surface area is 89.3 Å². The molecule has 3 heteroatoms. The third kappa shape index (κ3) is 2.99. The largest absolute Gasteiger partial charge is 0.330 e. The van der Waals surface area contributed by atoms with Gasteiger partial charge >= 0.3 is 0 Å². The molecule has 84 valence electrons. The normalized spacial score (nSPS) is 13.5. The summed E-state index contributed by atoms with van der Waals surface area (Å²) in [6.45, 7) is 4.07. The van der Waals surface area contributed by atoms with E-state index < -0.39 is 12.3 Å². The van der Waals surface area contributed by atoms with Crippen molar-refractivity contribution < 1.29 is 8.78 Å². The summed E-state index contributed by atoms with van der Waals surface area (Å²) in [4.78, 5) is 0. The Kier molecular flexibility index (Phi) is 4.21. The van der Waals surface area contributed by atoms with Crippen molar-refractivity contribution in [1.29, 1.82) is 0 Å². The Balaban J connectivity index is 2.98. The van der Waals surface area contributed by atoms with Gasteiger partial charge in [0.1, 0.15) is 0 Å². The van der Waals surface area contributed by atoms with Crippen LogP contribution in [0.3, 0.4) is 0 Å². The van der Waals surface area contributed by atoms with Crippen molar-refractivity contribution in [3.8, 4) is 0 Å². The summed E-state index contributed by atoms with van der Waals surface area (Å²) < 4.78 is 25.3. The van der Waals surface area contributed by atoms with E-state index in [9.17, 15) is 8.78 Å². The Bertz CT molecular complexity index is 310. The predicted octanol–water partition coefficient (Wildman–Crippen LogP) is 3.12. The molecule has 2 N–H and O–H groups in total. The Hall–Kier alpha value is -0.960. The minimum absolute atomic E-state index is 0.0147. The molecule has 0 amide bonds. The predicted molar refractivity (Wildman–Crippen MR) is 58.3 cm³/mol. The molecular formula is C12H17F2N. The number of rotatable bonds is 4. The third-order valence-corrected chi connectivity index (χ3v) is 2.56. The van der Waals surface area contributed by atoms with Crippen LogP contribution < -0.4 is 5.73 Å². The SMILES string of the molecule is CC(C)c1cccc(C(CN)C(F)F)c1. The van der Waals surface area contributed by atoms with Crippen LogP contribution in [0.5, 0.6) is 0 Å². The molecule has 0 fully saturated rings. The zero-order valence-electron chi connectivity index (χ0n) is 9.08. The van der Waals surface area contributed by atoms with E-state index in [1.165, 1.54) is 0 Å². The molecule has 0 spiro atoms. The van der Waals surface area contributed by atoms with E-state index in [2.05, 4.69) is 0 Å². The van der Waals surface area contributed by atoms with Crippen molar-refractivity contribution in [3.05, 3.63) is 35.4 Å². The monoisotopic (exact) mass is 213 g/mol. The van der Waals surface area contributed by atoms with Crippen molar-refractivity contribution in [2.24, 2.45) is 5.73 Å². The van der Waals surface area contributed by atoms with Crippen LogP contribution in [0, 0.1) is 0 Å². The van der Waals surface area contributed by atoms with Crippen molar-refractivity contribution in [2.45, 2.75) is 32.1 Å². The molecular weight excluding hydrogens is 196 g/mol. The van der Waals surface area contributed by atoms with Gasteiger partial charge in [-0.15, -0.1) is 0 Å². The molecule has 0 saturated carbocycles. The van der Waals surface area contributed by atoms with Crippen molar-refractivity contribution in [2.75, 3.05) is 6.54 Å². The van der Waals surface area contributed by atoms with E-state index >= 15 is 0 Å². The Morgan fingerprint density at radius 3 is 2.27 bits per heavy atom. The van der Waals surface area contributed by atoms with E-state index in [1.807, 2.05) is 32.0 Å². The highest BCUT2D eigenvalue weighted by Crippen LogP contribution is 2.25. The van der Waals surface area contributed by atoms with Gasteiger partial charge in [-0.3, -0.25) is 0 Å². The van der Waals surface area contributed by atoms with Crippen LogP contribution in [0.4, 0.5) is 8.78 Å². The molecule has 0 aromatic heterocycles. The smallest absolute Gasteiger partial charge is 0.246 e. The Morgan fingerprint density at radius 1 is 1.20 bits per heavy atom. The van der Waals surface area contributed by atoms with Gasteiger partial charge in [0.15, 0.2) is 0 Å². The van der Waals surface area contributed by atoms with Crippen LogP contribution in [0.25, 0.3) is 0 Å². The quantitative estimate of drug-likeness (QED) is 0.817. The van der Waals surface area contributed by atoms with Crippen molar-refractivity contribution in [1.82, 2.24) is 0 Å². The van der Waals surface area contributed by atoms with E-state index in [0.29, 0.717) is 11.5 Å². The lowest BCUT2D eigenvalue weighted by atomic mass is 9.94. The maximum absolute atomic E-state index is 12.6.